The topological polar surface area (TPSA) is 252 Å². The summed E-state index contributed by atoms with van der Waals surface area (Å²) in [6.07, 6.45) is 19.3. The predicted octanol–water partition coefficient (Wildman–Crippen LogP) is 6.32. The molecule has 0 aromatic carbocycles. The lowest BCUT2D eigenvalue weighted by Crippen LogP contribution is -2.43. The second-order valence-corrected chi connectivity index (χ2v) is 20.8. The number of allylic oxidation sites excluding steroid dienone is 3. The third kappa shape index (κ3) is 26.6. The Kier molecular flexibility index (Phi) is 31.2. The van der Waals surface area contributed by atoms with Crippen molar-refractivity contribution in [3.63, 3.8) is 0 Å². The zero-order chi connectivity index (χ0) is 55.4. The Morgan fingerprint density at radius 3 is 1.42 bits per heavy atom. The van der Waals surface area contributed by atoms with Crippen LogP contribution >= 0.6 is 0 Å². The number of alkyl carbamates (subject to hydrolysis) is 5. The summed E-state index contributed by atoms with van der Waals surface area (Å²) >= 11 is 0. The second kappa shape index (κ2) is 38.3. The summed E-state index contributed by atoms with van der Waals surface area (Å²) in [5.41, 5.74) is 0. The van der Waals surface area contributed by atoms with Gasteiger partial charge in [0.05, 0.1) is 52.9 Å². The number of carbonyl (C=O) groups is 6. The summed E-state index contributed by atoms with van der Waals surface area (Å²) in [5.74, 6) is 11.9. The lowest BCUT2D eigenvalue weighted by Gasteiger charge is -2.22. The quantitative estimate of drug-likeness (QED) is 0.0170. The normalized spacial score (nSPS) is 23.7. The summed E-state index contributed by atoms with van der Waals surface area (Å²) < 4.78 is 43.2. The van der Waals surface area contributed by atoms with Crippen molar-refractivity contribution in [2.45, 2.75) is 103 Å². The van der Waals surface area contributed by atoms with Gasteiger partial charge in [0.25, 0.3) is 0 Å². The van der Waals surface area contributed by atoms with Crippen molar-refractivity contribution >= 4 is 36.4 Å². The molecular weight excluding hydrogens is 1010 g/mol. The molecule has 5 aliphatic rings. The summed E-state index contributed by atoms with van der Waals surface area (Å²) in [6, 6.07) is 0. The molecule has 0 spiro atoms. The predicted molar refractivity (Wildman–Crippen MR) is 292 cm³/mol. The van der Waals surface area contributed by atoms with Crippen molar-refractivity contribution in [1.29, 1.82) is 0 Å². The fourth-order valence-electron chi connectivity index (χ4n) is 11.2. The molecule has 5 aliphatic carbocycles. The van der Waals surface area contributed by atoms with E-state index in [0.717, 1.165) is 88.9 Å². The molecule has 21 nitrogen and oxygen atoms in total. The van der Waals surface area contributed by atoms with Crippen molar-refractivity contribution in [3.05, 3.63) is 24.8 Å². The molecule has 3 saturated carbocycles. The van der Waals surface area contributed by atoms with E-state index in [1.165, 1.54) is 12.8 Å². The lowest BCUT2D eigenvalue weighted by molar-refractivity contribution is -0.121. The molecule has 0 aromatic heterocycles. The maximum absolute atomic E-state index is 12.4. The van der Waals surface area contributed by atoms with Crippen LogP contribution in [-0.2, 0) is 42.7 Å². The van der Waals surface area contributed by atoms with Gasteiger partial charge in [0, 0.05) is 78.2 Å². The van der Waals surface area contributed by atoms with Gasteiger partial charge in [-0.15, -0.1) is 18.4 Å². The fourth-order valence-corrected chi connectivity index (χ4v) is 11.2. The largest absolute Gasteiger partial charge is 0.449 e. The first-order valence-corrected chi connectivity index (χ1v) is 29.1. The standard InChI is InChI=1S/C57H93N7O14/c1-3-5-15-45-46(16-6-4-2)50(45)41-77-56(69)62-27-33-72-36-39-75-54(67)60-24-30-64(29-23-59-53(66)74-38-35-71-32-26-58-52(65)22-21-49-43-17-11-7-8-12-18-44(43)49)31-25-61-55(68)76-40-37-73-34-28-63-57(70)78-42-51-47-19-13-9-10-14-20-48(47)51/h3,9-10,43-51H,1,4-6,11-42H2,2H3,(H,58,65)(H,59,66)(H,60,67)(H,61,68)(H,62,69)(H,63,70)/b10-9-/t43-,44+,45-,46+,47-,48+,49?,50-,51?/m0/s1. The number of nitrogens with one attached hydrogen (secondary N) is 6. The fraction of sp³-hybridized carbons (Fsp3) is 0.789. The van der Waals surface area contributed by atoms with E-state index in [1.54, 1.807) is 0 Å². The molecule has 0 radical (unpaired) electrons. The Morgan fingerprint density at radius 2 is 0.936 bits per heavy atom. The molecule has 0 saturated heterocycles. The average Bonchev–Trinajstić information content (AvgIpc) is 4.43. The maximum Gasteiger partial charge on any atom is 0.407 e. The molecule has 0 aromatic rings. The first kappa shape index (κ1) is 63.5. The molecular formula is C57H93N7O14. The Balaban J connectivity index is 0.878. The molecule has 6 N–H and O–H groups in total. The number of unbranched alkanes of at least 4 members (excludes halogenated alkanes) is 1. The zero-order valence-electron chi connectivity index (χ0n) is 46.5. The highest BCUT2D eigenvalue weighted by molar-refractivity contribution is 5.75. The second-order valence-electron chi connectivity index (χ2n) is 20.8. The molecule has 9 atom stereocenters. The van der Waals surface area contributed by atoms with Crippen LogP contribution in [0.4, 0.5) is 24.0 Å². The molecule has 21 heteroatoms. The highest BCUT2D eigenvalue weighted by Crippen LogP contribution is 2.55. The maximum atomic E-state index is 12.4. The van der Waals surface area contributed by atoms with Gasteiger partial charge in [0.2, 0.25) is 5.91 Å². The summed E-state index contributed by atoms with van der Waals surface area (Å²) in [4.78, 5) is 76.0. The number of nitrogens with zero attached hydrogens (tertiary/aromatic N) is 1. The molecule has 0 bridgehead atoms. The van der Waals surface area contributed by atoms with Crippen LogP contribution in [0.15, 0.2) is 24.8 Å². The third-order valence-corrected chi connectivity index (χ3v) is 15.5. The van der Waals surface area contributed by atoms with Crippen LogP contribution in [0.3, 0.4) is 0 Å². The molecule has 78 heavy (non-hydrogen) atoms. The molecule has 440 valence electrons. The van der Waals surface area contributed by atoms with Crippen LogP contribution in [0, 0.1) is 65.1 Å². The number of rotatable bonds is 40. The SMILES string of the molecule is C=CCC[C@H]1[C@@H](CCCC)[C@H]1COC(=O)NCCOCCOC(=O)NCCN(CCNC(=O)OCCOCCNC(=O)CCC1[C@H]2CCC#CCC[C@@H]12)CCNC(=O)OCCOCCNC(=O)OCC1[C@H]2CC/C=C\CC[C@@H]12. The molecule has 0 heterocycles. The van der Waals surface area contributed by atoms with Gasteiger partial charge in [-0.3, -0.25) is 9.69 Å². The van der Waals surface area contributed by atoms with Crippen molar-refractivity contribution in [2.24, 2.45) is 53.3 Å². The van der Waals surface area contributed by atoms with Gasteiger partial charge in [0.1, 0.15) is 19.8 Å². The van der Waals surface area contributed by atoms with Gasteiger partial charge in [-0.1, -0.05) is 38.0 Å². The van der Waals surface area contributed by atoms with Gasteiger partial charge in [0.15, 0.2) is 0 Å². The number of ether oxygens (including phenoxy) is 8. The van der Waals surface area contributed by atoms with Gasteiger partial charge in [-0.05, 0) is 117 Å². The van der Waals surface area contributed by atoms with Crippen LogP contribution in [0.1, 0.15) is 103 Å². The number of hydrogen-bond donors (Lipinski definition) is 6. The minimum atomic E-state index is -0.642. The zero-order valence-corrected chi connectivity index (χ0v) is 46.5. The molecule has 2 unspecified atom stereocenters. The van der Waals surface area contributed by atoms with Gasteiger partial charge >= 0.3 is 30.5 Å². The van der Waals surface area contributed by atoms with E-state index in [2.05, 4.69) is 69.4 Å². The van der Waals surface area contributed by atoms with E-state index in [1.807, 2.05) is 11.0 Å². The summed E-state index contributed by atoms with van der Waals surface area (Å²) in [7, 11) is 0. The van der Waals surface area contributed by atoms with E-state index < -0.39 is 30.5 Å². The van der Waals surface area contributed by atoms with Crippen LogP contribution in [0.2, 0.25) is 0 Å². The van der Waals surface area contributed by atoms with Gasteiger partial charge in [-0.25, -0.2) is 24.0 Å². The van der Waals surface area contributed by atoms with Gasteiger partial charge < -0.3 is 69.8 Å². The highest BCUT2D eigenvalue weighted by atomic mass is 16.6. The van der Waals surface area contributed by atoms with Crippen molar-refractivity contribution < 1.29 is 66.7 Å². The third-order valence-electron chi connectivity index (χ3n) is 15.5. The Hall–Kier alpha value is -5.30. The van der Waals surface area contributed by atoms with Crippen molar-refractivity contribution in [3.8, 4) is 11.8 Å². The summed E-state index contributed by atoms with van der Waals surface area (Å²) in [5, 5.41) is 16.4. The van der Waals surface area contributed by atoms with Crippen LogP contribution in [0.25, 0.3) is 0 Å². The van der Waals surface area contributed by atoms with E-state index in [0.29, 0.717) is 93.8 Å². The molecule has 3 fully saturated rings. The number of carbonyl (C=O) groups excluding carboxylic acids is 6. The number of fused-ring (bicyclic) bond motifs is 2. The van der Waals surface area contributed by atoms with Crippen molar-refractivity contribution in [2.75, 3.05) is 132 Å². The monoisotopic (exact) mass is 1100 g/mol. The number of amides is 6. The Morgan fingerprint density at radius 1 is 0.500 bits per heavy atom. The summed E-state index contributed by atoms with van der Waals surface area (Å²) in [6.45, 7) is 10.7. The average molecular weight is 1100 g/mol. The van der Waals surface area contributed by atoms with Crippen LogP contribution in [0.5, 0.6) is 0 Å². The molecule has 6 amide bonds. The van der Waals surface area contributed by atoms with Crippen LogP contribution in [-0.4, -0.2) is 173 Å². The van der Waals surface area contributed by atoms with E-state index in [-0.39, 0.29) is 91.5 Å². The first-order chi connectivity index (χ1) is 38.2. The van der Waals surface area contributed by atoms with Gasteiger partial charge in [-0.2, -0.15) is 0 Å². The molecule has 0 aliphatic heterocycles. The van der Waals surface area contributed by atoms with E-state index in [9.17, 15) is 28.8 Å². The first-order valence-electron chi connectivity index (χ1n) is 29.1. The highest BCUT2D eigenvalue weighted by Gasteiger charge is 2.50. The lowest BCUT2D eigenvalue weighted by atomic mass is 10.1. The Labute approximate surface area is 463 Å². The Bertz CT molecular complexity index is 1820. The number of hydrogen-bond acceptors (Lipinski definition) is 15. The van der Waals surface area contributed by atoms with Crippen LogP contribution < -0.4 is 31.9 Å². The molecule has 5 rings (SSSR count). The minimum Gasteiger partial charge on any atom is -0.449 e. The van der Waals surface area contributed by atoms with E-state index >= 15 is 0 Å². The van der Waals surface area contributed by atoms with E-state index in [4.69, 9.17) is 37.9 Å². The smallest absolute Gasteiger partial charge is 0.407 e. The minimum absolute atomic E-state index is 0.000636. The van der Waals surface area contributed by atoms with Crippen molar-refractivity contribution in [1.82, 2.24) is 36.8 Å².